The van der Waals surface area contributed by atoms with E-state index in [9.17, 15) is 9.59 Å². The maximum Gasteiger partial charge on any atom is 0.319 e. The lowest BCUT2D eigenvalue weighted by atomic mass is 10.2. The Morgan fingerprint density at radius 3 is 2.00 bits per heavy atom. The van der Waals surface area contributed by atoms with Crippen LogP contribution in [0.15, 0.2) is 24.3 Å². The van der Waals surface area contributed by atoms with E-state index in [1.807, 2.05) is 20.8 Å². The average Bonchev–Trinajstić information content (AvgIpc) is 3.25. The predicted octanol–water partition coefficient (Wildman–Crippen LogP) is 3.20. The van der Waals surface area contributed by atoms with Crippen LogP contribution < -0.4 is 16.0 Å². The molecule has 2 rings (SSSR count). The first kappa shape index (κ1) is 15.4. The van der Waals surface area contributed by atoms with Gasteiger partial charge in [-0.1, -0.05) is 13.8 Å². The molecular formula is C16H23N3O2. The van der Waals surface area contributed by atoms with E-state index in [1.165, 1.54) is 12.8 Å². The molecule has 0 saturated heterocycles. The molecule has 1 unspecified atom stereocenters. The summed E-state index contributed by atoms with van der Waals surface area (Å²) in [6.07, 6.45) is 2.40. The van der Waals surface area contributed by atoms with Crippen molar-refractivity contribution in [2.75, 3.05) is 10.6 Å². The van der Waals surface area contributed by atoms with Crippen molar-refractivity contribution in [3.8, 4) is 0 Å². The number of amides is 3. The second-order valence-corrected chi connectivity index (χ2v) is 5.95. The summed E-state index contributed by atoms with van der Waals surface area (Å²) < 4.78 is 0. The van der Waals surface area contributed by atoms with E-state index in [2.05, 4.69) is 16.0 Å². The zero-order valence-electron chi connectivity index (χ0n) is 12.8. The van der Waals surface area contributed by atoms with Gasteiger partial charge in [-0.2, -0.15) is 0 Å². The van der Waals surface area contributed by atoms with Gasteiger partial charge in [-0.05, 0) is 49.9 Å². The highest BCUT2D eigenvalue weighted by atomic mass is 16.2. The maximum absolute atomic E-state index is 11.8. The van der Waals surface area contributed by atoms with Crippen LogP contribution in [0.2, 0.25) is 0 Å². The molecule has 114 valence electrons. The van der Waals surface area contributed by atoms with E-state index in [0.717, 1.165) is 5.69 Å². The highest BCUT2D eigenvalue weighted by molar-refractivity contribution is 5.93. The predicted molar refractivity (Wildman–Crippen MR) is 84.3 cm³/mol. The molecule has 0 spiro atoms. The van der Waals surface area contributed by atoms with Gasteiger partial charge in [0, 0.05) is 23.3 Å². The SMILES string of the molecule is CC(C)C(=O)Nc1ccc(NC(=O)NC(C)C2CC2)cc1. The number of carbonyl (C=O) groups is 2. The van der Waals surface area contributed by atoms with Gasteiger partial charge in [0.2, 0.25) is 5.91 Å². The van der Waals surface area contributed by atoms with Crippen molar-refractivity contribution < 1.29 is 9.59 Å². The van der Waals surface area contributed by atoms with Crippen LogP contribution >= 0.6 is 0 Å². The van der Waals surface area contributed by atoms with Gasteiger partial charge in [-0.3, -0.25) is 4.79 Å². The number of hydrogen-bond donors (Lipinski definition) is 3. The van der Waals surface area contributed by atoms with E-state index >= 15 is 0 Å². The fourth-order valence-corrected chi connectivity index (χ4v) is 2.01. The fraction of sp³-hybridized carbons (Fsp3) is 0.500. The number of nitrogens with one attached hydrogen (secondary N) is 3. The molecular weight excluding hydrogens is 266 g/mol. The first-order valence-corrected chi connectivity index (χ1v) is 7.44. The minimum absolute atomic E-state index is 0.0216. The quantitative estimate of drug-likeness (QED) is 0.779. The van der Waals surface area contributed by atoms with Crippen LogP contribution in [-0.4, -0.2) is 18.0 Å². The Hall–Kier alpha value is -2.04. The minimum Gasteiger partial charge on any atom is -0.335 e. The molecule has 0 bridgehead atoms. The highest BCUT2D eigenvalue weighted by Crippen LogP contribution is 2.32. The first-order chi connectivity index (χ1) is 9.95. The third-order valence-electron chi connectivity index (χ3n) is 3.62. The van der Waals surface area contributed by atoms with Crippen molar-refractivity contribution in [3.05, 3.63) is 24.3 Å². The topological polar surface area (TPSA) is 70.2 Å². The largest absolute Gasteiger partial charge is 0.335 e. The molecule has 5 heteroatoms. The monoisotopic (exact) mass is 289 g/mol. The molecule has 1 atom stereocenters. The summed E-state index contributed by atoms with van der Waals surface area (Å²) in [6.45, 7) is 5.72. The van der Waals surface area contributed by atoms with Gasteiger partial charge >= 0.3 is 6.03 Å². The molecule has 1 fully saturated rings. The van der Waals surface area contributed by atoms with Crippen molar-refractivity contribution in [2.45, 2.75) is 39.7 Å². The molecule has 1 aliphatic carbocycles. The average molecular weight is 289 g/mol. The summed E-state index contributed by atoms with van der Waals surface area (Å²) >= 11 is 0. The van der Waals surface area contributed by atoms with Gasteiger partial charge in [0.25, 0.3) is 0 Å². The van der Waals surface area contributed by atoms with Crippen LogP contribution in [0.5, 0.6) is 0 Å². The Morgan fingerprint density at radius 2 is 1.52 bits per heavy atom. The molecule has 1 saturated carbocycles. The van der Waals surface area contributed by atoms with Crippen molar-refractivity contribution >= 4 is 23.3 Å². The van der Waals surface area contributed by atoms with Gasteiger partial charge in [-0.15, -0.1) is 0 Å². The molecule has 1 aliphatic rings. The standard InChI is InChI=1S/C16H23N3O2/c1-10(2)15(20)18-13-6-8-14(9-7-13)19-16(21)17-11(3)12-4-5-12/h6-12H,4-5H2,1-3H3,(H,18,20)(H2,17,19,21). The van der Waals surface area contributed by atoms with Gasteiger partial charge in [-0.25, -0.2) is 4.79 Å². The smallest absolute Gasteiger partial charge is 0.319 e. The molecule has 21 heavy (non-hydrogen) atoms. The third kappa shape index (κ3) is 4.77. The number of benzene rings is 1. The summed E-state index contributed by atoms with van der Waals surface area (Å²) in [5, 5.41) is 8.54. The molecule has 1 aromatic rings. The van der Waals surface area contributed by atoms with Crippen molar-refractivity contribution in [1.82, 2.24) is 5.32 Å². The Balaban J connectivity index is 1.83. The van der Waals surface area contributed by atoms with Gasteiger partial charge in [0.05, 0.1) is 0 Å². The first-order valence-electron chi connectivity index (χ1n) is 7.44. The van der Waals surface area contributed by atoms with Crippen LogP contribution in [0.1, 0.15) is 33.6 Å². The van der Waals surface area contributed by atoms with E-state index in [0.29, 0.717) is 11.6 Å². The molecule has 0 aliphatic heterocycles. The summed E-state index contributed by atoms with van der Waals surface area (Å²) in [7, 11) is 0. The van der Waals surface area contributed by atoms with E-state index in [4.69, 9.17) is 0 Å². The van der Waals surface area contributed by atoms with E-state index in [-0.39, 0.29) is 23.9 Å². The second kappa shape index (κ2) is 6.61. The lowest BCUT2D eigenvalue weighted by Gasteiger charge is -2.14. The van der Waals surface area contributed by atoms with Gasteiger partial charge in [0.15, 0.2) is 0 Å². The number of urea groups is 1. The molecule has 1 aromatic carbocycles. The van der Waals surface area contributed by atoms with Crippen LogP contribution in [0, 0.1) is 11.8 Å². The highest BCUT2D eigenvalue weighted by Gasteiger charge is 2.28. The number of anilines is 2. The fourth-order valence-electron chi connectivity index (χ4n) is 2.01. The summed E-state index contributed by atoms with van der Waals surface area (Å²) in [6, 6.07) is 7.14. The molecule has 3 N–H and O–H groups in total. The van der Waals surface area contributed by atoms with Crippen molar-refractivity contribution in [1.29, 1.82) is 0 Å². The molecule has 0 aromatic heterocycles. The number of hydrogen-bond acceptors (Lipinski definition) is 2. The van der Waals surface area contributed by atoms with Crippen molar-refractivity contribution in [3.63, 3.8) is 0 Å². The zero-order chi connectivity index (χ0) is 15.4. The van der Waals surface area contributed by atoms with Crippen molar-refractivity contribution in [2.24, 2.45) is 11.8 Å². The Kier molecular flexibility index (Phi) is 4.83. The lowest BCUT2D eigenvalue weighted by molar-refractivity contribution is -0.118. The molecule has 0 radical (unpaired) electrons. The van der Waals surface area contributed by atoms with Crippen LogP contribution in [0.4, 0.5) is 16.2 Å². The summed E-state index contributed by atoms with van der Waals surface area (Å²) in [5.41, 5.74) is 1.43. The Bertz CT molecular complexity index is 507. The Morgan fingerprint density at radius 1 is 1.00 bits per heavy atom. The molecule has 5 nitrogen and oxygen atoms in total. The normalized spacial score (nSPS) is 15.4. The van der Waals surface area contributed by atoms with E-state index < -0.39 is 0 Å². The number of rotatable bonds is 5. The second-order valence-electron chi connectivity index (χ2n) is 5.95. The third-order valence-corrected chi connectivity index (χ3v) is 3.62. The number of carbonyl (C=O) groups excluding carboxylic acids is 2. The summed E-state index contributed by atoms with van der Waals surface area (Å²) in [5.74, 6) is 0.550. The molecule has 3 amide bonds. The van der Waals surface area contributed by atoms with Gasteiger partial charge < -0.3 is 16.0 Å². The minimum atomic E-state index is -0.187. The van der Waals surface area contributed by atoms with Crippen LogP contribution in [0.3, 0.4) is 0 Å². The Labute approximate surface area is 125 Å². The van der Waals surface area contributed by atoms with Crippen LogP contribution in [0.25, 0.3) is 0 Å². The molecule has 0 heterocycles. The zero-order valence-corrected chi connectivity index (χ0v) is 12.8. The maximum atomic E-state index is 11.8. The lowest BCUT2D eigenvalue weighted by Crippen LogP contribution is -2.37. The van der Waals surface area contributed by atoms with Crippen LogP contribution in [-0.2, 0) is 4.79 Å². The van der Waals surface area contributed by atoms with E-state index in [1.54, 1.807) is 24.3 Å². The summed E-state index contributed by atoms with van der Waals surface area (Å²) in [4.78, 5) is 23.4. The van der Waals surface area contributed by atoms with Gasteiger partial charge in [0.1, 0.15) is 0 Å².